The molecule has 3 aromatic carbocycles. The molecule has 6 heteroatoms. The molecule has 0 bridgehead atoms. The van der Waals surface area contributed by atoms with Crippen molar-refractivity contribution in [1.82, 2.24) is 4.98 Å². The molecule has 5 rings (SSSR count). The Labute approximate surface area is 254 Å². The van der Waals surface area contributed by atoms with E-state index >= 15 is 0 Å². The van der Waals surface area contributed by atoms with Gasteiger partial charge >= 0.3 is 0 Å². The minimum atomic E-state index is -0.0344. The van der Waals surface area contributed by atoms with E-state index < -0.39 is 0 Å². The predicted octanol–water partition coefficient (Wildman–Crippen LogP) is 8.83. The van der Waals surface area contributed by atoms with Crippen LogP contribution in [0.5, 0.6) is 0 Å². The smallest absolute Gasteiger partial charge is 0.182 e. The number of carbonyl (C=O) groups is 1. The minimum Gasteiger partial charge on any atom is -0.512 e. The van der Waals surface area contributed by atoms with E-state index in [0.717, 1.165) is 42.3 Å². The van der Waals surface area contributed by atoms with Gasteiger partial charge in [0.05, 0.1) is 22.2 Å². The van der Waals surface area contributed by atoms with E-state index in [2.05, 4.69) is 6.07 Å². The molecule has 0 saturated heterocycles. The molecule has 0 unspecified atom stereocenters. The van der Waals surface area contributed by atoms with Crippen LogP contribution in [0.1, 0.15) is 53.4 Å². The van der Waals surface area contributed by atoms with Crippen molar-refractivity contribution in [2.45, 2.75) is 53.4 Å². The van der Waals surface area contributed by atoms with Gasteiger partial charge in [-0.2, -0.15) is 0 Å². The van der Waals surface area contributed by atoms with Crippen LogP contribution in [0.2, 0.25) is 0 Å². The Bertz CT molecular complexity index is 1710. The van der Waals surface area contributed by atoms with E-state index in [9.17, 15) is 14.7 Å². The molecule has 0 saturated carbocycles. The van der Waals surface area contributed by atoms with Crippen LogP contribution in [0.25, 0.3) is 44.1 Å². The molecule has 1 radical (unpaired) electrons. The molecule has 0 atom stereocenters. The molecule has 41 heavy (non-hydrogen) atoms. The summed E-state index contributed by atoms with van der Waals surface area (Å²) in [6.45, 7) is 8.07. The zero-order valence-corrected chi connectivity index (χ0v) is 26.3. The first-order chi connectivity index (χ1) is 19.4. The maximum atomic E-state index is 12.8. The number of para-hydroxylation sites is 2. The average molecular weight is 727 g/mol. The predicted molar refractivity (Wildman–Crippen MR) is 163 cm³/mol. The molecular formula is C35H36IrNO4-. The van der Waals surface area contributed by atoms with Gasteiger partial charge in [0.15, 0.2) is 11.2 Å². The first-order valence-corrected chi connectivity index (χ1v) is 14.1. The van der Waals surface area contributed by atoms with Crippen molar-refractivity contribution in [3.63, 3.8) is 0 Å². The van der Waals surface area contributed by atoms with Crippen molar-refractivity contribution in [3.8, 4) is 11.3 Å². The van der Waals surface area contributed by atoms with Crippen LogP contribution in [-0.4, -0.2) is 15.9 Å². The zero-order valence-electron chi connectivity index (χ0n) is 23.9. The topological polar surface area (TPSA) is 80.4 Å². The fourth-order valence-electron chi connectivity index (χ4n) is 4.94. The molecule has 2 heterocycles. The number of rotatable bonds is 8. The molecule has 0 aliphatic rings. The Kier molecular flexibility index (Phi) is 11.6. The monoisotopic (exact) mass is 727 g/mol. The summed E-state index contributed by atoms with van der Waals surface area (Å²) in [5.74, 6) is 0.547. The third-order valence-electron chi connectivity index (χ3n) is 7.47. The third-order valence-corrected chi connectivity index (χ3v) is 7.47. The van der Waals surface area contributed by atoms with Crippen LogP contribution >= 0.6 is 0 Å². The largest absolute Gasteiger partial charge is 0.512 e. The Morgan fingerprint density at radius 2 is 1.54 bits per heavy atom. The first kappa shape index (κ1) is 31.9. The van der Waals surface area contributed by atoms with E-state index in [4.69, 9.17) is 9.40 Å². The maximum absolute atomic E-state index is 12.8. The summed E-state index contributed by atoms with van der Waals surface area (Å²) in [6, 6.07) is 25.9. The maximum Gasteiger partial charge on any atom is 0.182 e. The van der Waals surface area contributed by atoms with E-state index in [-0.39, 0.29) is 48.9 Å². The SMILES string of the molecule is CCC(CC)C(=O)/C=C(\O)C(CC)CC.O=c1c2ccccc2oc2c(-c3ccc4ccccc4n3)[c-]ccc12.[Ir]. The van der Waals surface area contributed by atoms with Crippen LogP contribution in [0.15, 0.2) is 93.8 Å². The summed E-state index contributed by atoms with van der Waals surface area (Å²) in [6.07, 6.45) is 4.91. The first-order valence-electron chi connectivity index (χ1n) is 14.1. The molecule has 0 fully saturated rings. The summed E-state index contributed by atoms with van der Waals surface area (Å²) >= 11 is 0. The summed E-state index contributed by atoms with van der Waals surface area (Å²) in [5, 5.41) is 12.0. The van der Waals surface area contributed by atoms with Gasteiger partial charge in [-0.3, -0.25) is 14.6 Å². The summed E-state index contributed by atoms with van der Waals surface area (Å²) in [5.41, 5.74) is 3.39. The van der Waals surface area contributed by atoms with Gasteiger partial charge < -0.3 is 9.52 Å². The molecule has 0 aliphatic heterocycles. The number of hydrogen-bond donors (Lipinski definition) is 1. The van der Waals surface area contributed by atoms with E-state index in [1.165, 1.54) is 6.08 Å². The Morgan fingerprint density at radius 3 is 2.24 bits per heavy atom. The van der Waals surface area contributed by atoms with Crippen molar-refractivity contribution < 1.29 is 34.4 Å². The van der Waals surface area contributed by atoms with Gasteiger partial charge in [0.1, 0.15) is 5.58 Å². The fraction of sp³-hybridized carbons (Fsp3) is 0.286. The molecule has 2 aromatic heterocycles. The van der Waals surface area contributed by atoms with Gasteiger partial charge in [-0.25, -0.2) is 0 Å². The molecule has 0 spiro atoms. The second-order valence-corrected chi connectivity index (χ2v) is 9.91. The number of fused-ring (bicyclic) bond motifs is 3. The van der Waals surface area contributed by atoms with Crippen LogP contribution in [0.3, 0.4) is 0 Å². The van der Waals surface area contributed by atoms with E-state index in [1.54, 1.807) is 24.3 Å². The number of benzene rings is 3. The van der Waals surface area contributed by atoms with Crippen LogP contribution in [-0.2, 0) is 24.9 Å². The number of nitrogens with zero attached hydrogens (tertiary/aromatic N) is 1. The zero-order chi connectivity index (χ0) is 28.6. The fourth-order valence-corrected chi connectivity index (χ4v) is 4.94. The molecule has 215 valence electrons. The van der Waals surface area contributed by atoms with Gasteiger partial charge in [0.25, 0.3) is 0 Å². The molecule has 5 nitrogen and oxygen atoms in total. The second kappa shape index (κ2) is 14.9. The minimum absolute atomic E-state index is 0. The van der Waals surface area contributed by atoms with Crippen LogP contribution in [0, 0.1) is 17.9 Å². The number of hydrogen-bond acceptors (Lipinski definition) is 5. The molecule has 1 N–H and O–H groups in total. The quantitative estimate of drug-likeness (QED) is 0.0749. The number of aliphatic hydroxyl groups excluding tert-OH is 1. The second-order valence-electron chi connectivity index (χ2n) is 9.91. The van der Waals surface area contributed by atoms with Gasteiger partial charge in [0, 0.05) is 38.0 Å². The van der Waals surface area contributed by atoms with Crippen LogP contribution < -0.4 is 5.43 Å². The van der Waals surface area contributed by atoms with Crippen LogP contribution in [0.4, 0.5) is 0 Å². The number of pyridine rings is 1. The van der Waals surface area contributed by atoms with Crippen molar-refractivity contribution in [3.05, 3.63) is 101 Å². The number of aliphatic hydroxyl groups is 1. The number of ketones is 1. The number of allylic oxidation sites excluding steroid dienone is 2. The van der Waals surface area contributed by atoms with Crippen molar-refractivity contribution >= 4 is 38.6 Å². The van der Waals surface area contributed by atoms with Gasteiger partial charge in [-0.1, -0.05) is 75.7 Å². The van der Waals surface area contributed by atoms with Crippen molar-refractivity contribution in [2.24, 2.45) is 11.8 Å². The molecule has 0 aliphatic carbocycles. The van der Waals surface area contributed by atoms with Gasteiger partial charge in [-0.05, 0) is 60.3 Å². The van der Waals surface area contributed by atoms with E-state index in [1.807, 2.05) is 76.2 Å². The Hall–Kier alpha value is -3.60. The normalized spacial score (nSPS) is 11.5. The van der Waals surface area contributed by atoms with E-state index in [0.29, 0.717) is 27.5 Å². The number of aromatic nitrogens is 1. The van der Waals surface area contributed by atoms with Gasteiger partial charge in [-0.15, -0.1) is 18.2 Å². The summed E-state index contributed by atoms with van der Waals surface area (Å²) in [4.78, 5) is 29.2. The standard InChI is InChI=1S/C22H12NO2.C13H24O2.Ir/c24-21-16-7-2-4-11-20(16)25-22-15(8-5-9-17(21)22)19-13-12-14-6-1-3-10-18(14)23-19;1-5-10(6-2)12(14)9-13(15)11(7-3)8-4;/h1-7,9-13H;9-11,14H,5-8H2,1-4H3;/q-1;;/b;12-9-;. The Balaban J connectivity index is 0.000000253. The van der Waals surface area contributed by atoms with Crippen molar-refractivity contribution in [1.29, 1.82) is 0 Å². The molecule has 0 amide bonds. The number of carbonyl (C=O) groups excluding carboxylic acids is 1. The Morgan fingerprint density at radius 1 is 0.878 bits per heavy atom. The van der Waals surface area contributed by atoms with Crippen molar-refractivity contribution in [2.75, 3.05) is 0 Å². The summed E-state index contributed by atoms with van der Waals surface area (Å²) in [7, 11) is 0. The molecule has 5 aromatic rings. The summed E-state index contributed by atoms with van der Waals surface area (Å²) < 4.78 is 6.05. The molecular weight excluding hydrogens is 691 g/mol. The average Bonchev–Trinajstić information content (AvgIpc) is 2.98. The third kappa shape index (κ3) is 7.19. The van der Waals surface area contributed by atoms with Gasteiger partial charge in [0.2, 0.25) is 0 Å².